The molecule has 0 atom stereocenters. The van der Waals surface area contributed by atoms with Crippen molar-refractivity contribution in [1.82, 2.24) is 15.1 Å². The fourth-order valence-corrected chi connectivity index (χ4v) is 3.41. The molecule has 0 saturated carbocycles. The van der Waals surface area contributed by atoms with Crippen LogP contribution < -0.4 is 10.6 Å². The molecule has 0 fully saturated rings. The van der Waals surface area contributed by atoms with Crippen LogP contribution in [0.3, 0.4) is 0 Å². The second kappa shape index (κ2) is 10.7. The molecule has 0 aliphatic rings. The summed E-state index contributed by atoms with van der Waals surface area (Å²) in [7, 11) is 1.35. The summed E-state index contributed by atoms with van der Waals surface area (Å²) in [6, 6.07) is 9.62. The van der Waals surface area contributed by atoms with Gasteiger partial charge in [-0.25, -0.2) is 13.5 Å². The summed E-state index contributed by atoms with van der Waals surface area (Å²) in [4.78, 5) is 35.8. The van der Waals surface area contributed by atoms with Crippen LogP contribution >= 0.6 is 0 Å². The smallest absolute Gasteiger partial charge is 0.305 e. The molecule has 0 aliphatic heterocycles. The van der Waals surface area contributed by atoms with E-state index in [1.165, 1.54) is 13.2 Å². The van der Waals surface area contributed by atoms with E-state index in [1.54, 1.807) is 28.9 Å². The van der Waals surface area contributed by atoms with Gasteiger partial charge in [-0.15, -0.1) is 0 Å². The molecular weight excluding hydrogens is 446 g/mol. The molecule has 0 unspecified atom stereocenters. The van der Waals surface area contributed by atoms with E-state index in [2.05, 4.69) is 15.7 Å². The summed E-state index contributed by atoms with van der Waals surface area (Å²) >= 11 is 0. The largest absolute Gasteiger partial charge is 0.469 e. The first-order chi connectivity index (χ1) is 16.2. The molecule has 1 heterocycles. The van der Waals surface area contributed by atoms with Crippen LogP contribution in [0, 0.1) is 25.5 Å². The number of rotatable bonds is 8. The Hall–Kier alpha value is -4.08. The SMILES string of the molecule is COC(=O)CCc1c(C)nn(-c2ccc(C(=O)NCC(=O)Nc3ccc(F)c(F)c3)cc2)c1C. The van der Waals surface area contributed by atoms with Gasteiger partial charge in [-0.05, 0) is 62.2 Å². The standard InChI is InChI=1S/C24H24F2N4O4/c1-14-19(9-11-23(32)34-3)15(2)30(29-14)18-7-4-16(5-8-18)24(33)27-13-22(31)28-17-6-10-20(25)21(26)12-17/h4-8,10,12H,9,11,13H2,1-3H3,(H,27,33)(H,28,31). The van der Waals surface area contributed by atoms with Gasteiger partial charge in [0.25, 0.3) is 5.91 Å². The van der Waals surface area contributed by atoms with Gasteiger partial charge in [-0.2, -0.15) is 5.10 Å². The van der Waals surface area contributed by atoms with E-state index in [9.17, 15) is 23.2 Å². The van der Waals surface area contributed by atoms with Gasteiger partial charge in [0.1, 0.15) is 0 Å². The zero-order valence-electron chi connectivity index (χ0n) is 18.9. The Labute approximate surface area is 194 Å². The van der Waals surface area contributed by atoms with Crippen LogP contribution in [0.4, 0.5) is 14.5 Å². The molecule has 34 heavy (non-hydrogen) atoms. The third-order valence-corrected chi connectivity index (χ3v) is 5.23. The molecule has 0 radical (unpaired) electrons. The van der Waals surface area contributed by atoms with Gasteiger partial charge < -0.3 is 15.4 Å². The number of hydrogen-bond acceptors (Lipinski definition) is 5. The summed E-state index contributed by atoms with van der Waals surface area (Å²) in [6.07, 6.45) is 0.768. The van der Waals surface area contributed by atoms with Crippen LogP contribution in [-0.2, 0) is 20.7 Å². The number of benzene rings is 2. The molecule has 1 aromatic heterocycles. The van der Waals surface area contributed by atoms with E-state index >= 15 is 0 Å². The number of halogens is 2. The monoisotopic (exact) mass is 470 g/mol. The number of nitrogens with zero attached hydrogens (tertiary/aromatic N) is 2. The molecule has 8 nitrogen and oxygen atoms in total. The number of aryl methyl sites for hydroxylation is 1. The van der Waals surface area contributed by atoms with E-state index in [0.29, 0.717) is 12.0 Å². The minimum atomic E-state index is -1.08. The molecule has 0 spiro atoms. The van der Waals surface area contributed by atoms with Crippen LogP contribution in [0.2, 0.25) is 0 Å². The third-order valence-electron chi connectivity index (χ3n) is 5.23. The second-order valence-electron chi connectivity index (χ2n) is 7.54. The van der Waals surface area contributed by atoms with Gasteiger partial charge in [0.15, 0.2) is 11.6 Å². The van der Waals surface area contributed by atoms with Gasteiger partial charge >= 0.3 is 5.97 Å². The van der Waals surface area contributed by atoms with E-state index in [-0.39, 0.29) is 24.6 Å². The Morgan fingerprint density at radius 2 is 1.74 bits per heavy atom. The Bertz CT molecular complexity index is 1220. The van der Waals surface area contributed by atoms with Crippen molar-refractivity contribution >= 4 is 23.5 Å². The maximum absolute atomic E-state index is 13.2. The minimum Gasteiger partial charge on any atom is -0.469 e. The van der Waals surface area contributed by atoms with Crippen molar-refractivity contribution in [2.24, 2.45) is 0 Å². The van der Waals surface area contributed by atoms with Crippen LogP contribution in [0.1, 0.15) is 33.7 Å². The number of carbonyl (C=O) groups excluding carboxylic acids is 3. The van der Waals surface area contributed by atoms with Crippen molar-refractivity contribution in [2.45, 2.75) is 26.7 Å². The summed E-state index contributed by atoms with van der Waals surface area (Å²) in [5.41, 5.74) is 3.79. The molecule has 2 amide bonds. The van der Waals surface area contributed by atoms with Crippen LogP contribution in [0.25, 0.3) is 5.69 Å². The summed E-state index contributed by atoms with van der Waals surface area (Å²) < 4.78 is 32.6. The van der Waals surface area contributed by atoms with Crippen molar-refractivity contribution in [3.05, 3.63) is 76.6 Å². The molecular formula is C24H24F2N4O4. The zero-order valence-corrected chi connectivity index (χ0v) is 18.9. The van der Waals surface area contributed by atoms with E-state index < -0.39 is 23.4 Å². The molecule has 2 N–H and O–H groups in total. The molecule has 0 saturated heterocycles. The second-order valence-corrected chi connectivity index (χ2v) is 7.54. The maximum Gasteiger partial charge on any atom is 0.305 e. The van der Waals surface area contributed by atoms with E-state index in [1.807, 2.05) is 13.8 Å². The van der Waals surface area contributed by atoms with Gasteiger partial charge in [0, 0.05) is 29.4 Å². The number of nitrogens with one attached hydrogen (secondary N) is 2. The number of ether oxygens (including phenoxy) is 1. The summed E-state index contributed by atoms with van der Waals surface area (Å²) in [6.45, 7) is 3.42. The Morgan fingerprint density at radius 1 is 1.03 bits per heavy atom. The predicted molar refractivity (Wildman–Crippen MR) is 121 cm³/mol. The first-order valence-electron chi connectivity index (χ1n) is 10.4. The first kappa shape index (κ1) is 24.6. The van der Waals surface area contributed by atoms with Crippen molar-refractivity contribution < 1.29 is 27.9 Å². The molecule has 0 aliphatic carbocycles. The number of anilines is 1. The topological polar surface area (TPSA) is 102 Å². The summed E-state index contributed by atoms with van der Waals surface area (Å²) in [5, 5.41) is 9.39. The number of amides is 2. The van der Waals surface area contributed by atoms with E-state index in [0.717, 1.165) is 34.8 Å². The van der Waals surface area contributed by atoms with Crippen molar-refractivity contribution in [3.8, 4) is 5.69 Å². The molecule has 0 bridgehead atoms. The van der Waals surface area contributed by atoms with Crippen molar-refractivity contribution in [1.29, 1.82) is 0 Å². The molecule has 3 rings (SSSR count). The summed E-state index contributed by atoms with van der Waals surface area (Å²) in [5.74, 6) is -3.45. The maximum atomic E-state index is 13.2. The average Bonchev–Trinajstić information content (AvgIpc) is 3.11. The first-order valence-corrected chi connectivity index (χ1v) is 10.4. The highest BCUT2D eigenvalue weighted by Crippen LogP contribution is 2.20. The van der Waals surface area contributed by atoms with Gasteiger partial charge in [-0.1, -0.05) is 0 Å². The highest BCUT2D eigenvalue weighted by Gasteiger charge is 2.15. The highest BCUT2D eigenvalue weighted by molar-refractivity contribution is 5.99. The quantitative estimate of drug-likeness (QED) is 0.492. The zero-order chi connectivity index (χ0) is 24.8. The number of aromatic nitrogens is 2. The van der Waals surface area contributed by atoms with E-state index in [4.69, 9.17) is 4.74 Å². The minimum absolute atomic E-state index is 0.0818. The third kappa shape index (κ3) is 5.83. The number of methoxy groups -OCH3 is 1. The lowest BCUT2D eigenvalue weighted by Crippen LogP contribution is -2.32. The van der Waals surface area contributed by atoms with Crippen LogP contribution in [0.15, 0.2) is 42.5 Å². The van der Waals surface area contributed by atoms with Gasteiger partial charge in [0.2, 0.25) is 5.91 Å². The molecule has 2 aromatic carbocycles. The fourth-order valence-electron chi connectivity index (χ4n) is 3.41. The Balaban J connectivity index is 1.60. The van der Waals surface area contributed by atoms with Crippen molar-refractivity contribution in [2.75, 3.05) is 19.0 Å². The van der Waals surface area contributed by atoms with Crippen molar-refractivity contribution in [3.63, 3.8) is 0 Å². The normalized spacial score (nSPS) is 10.6. The lowest BCUT2D eigenvalue weighted by Gasteiger charge is -2.09. The number of hydrogen-bond donors (Lipinski definition) is 2. The highest BCUT2D eigenvalue weighted by atomic mass is 19.2. The molecule has 10 heteroatoms. The van der Waals surface area contributed by atoms with Gasteiger partial charge in [-0.3, -0.25) is 14.4 Å². The number of esters is 1. The number of carbonyl (C=O) groups is 3. The van der Waals surface area contributed by atoms with Crippen LogP contribution in [-0.4, -0.2) is 41.2 Å². The fraction of sp³-hybridized carbons (Fsp3) is 0.250. The van der Waals surface area contributed by atoms with Crippen LogP contribution in [0.5, 0.6) is 0 Å². The average molecular weight is 470 g/mol. The molecule has 178 valence electrons. The Kier molecular flexibility index (Phi) is 7.72. The lowest BCUT2D eigenvalue weighted by molar-refractivity contribution is -0.140. The lowest BCUT2D eigenvalue weighted by atomic mass is 10.1. The predicted octanol–water partition coefficient (Wildman–Crippen LogP) is 3.24. The van der Waals surface area contributed by atoms with Gasteiger partial charge in [0.05, 0.1) is 25.0 Å². The molecule has 3 aromatic rings. The Morgan fingerprint density at radius 3 is 2.38 bits per heavy atom.